The molecular weight excluding hydrogens is 310 g/mol. The second-order valence-electron chi connectivity index (χ2n) is 5.79. The zero-order valence-corrected chi connectivity index (χ0v) is 14.1. The van der Waals surface area contributed by atoms with Gasteiger partial charge in [0.05, 0.1) is 0 Å². The van der Waals surface area contributed by atoms with Crippen LogP contribution in [0.15, 0.2) is 45.6 Å². The minimum Gasteiger partial charge on any atom is -0.423 e. The van der Waals surface area contributed by atoms with Crippen molar-refractivity contribution >= 4 is 28.3 Å². The third-order valence-corrected chi connectivity index (χ3v) is 4.59. The van der Waals surface area contributed by atoms with Crippen LogP contribution in [0.5, 0.6) is 0 Å². The molecule has 0 spiro atoms. The summed E-state index contributed by atoms with van der Waals surface area (Å²) in [6.07, 6.45) is 0. The molecule has 118 valence electrons. The fourth-order valence-corrected chi connectivity index (χ4v) is 2.79. The number of anilines is 1. The maximum Gasteiger partial charge on any atom is 0.336 e. The van der Waals surface area contributed by atoms with E-state index < -0.39 is 0 Å². The van der Waals surface area contributed by atoms with Crippen LogP contribution in [0.25, 0.3) is 11.0 Å². The van der Waals surface area contributed by atoms with E-state index in [1.165, 1.54) is 17.2 Å². The summed E-state index contributed by atoms with van der Waals surface area (Å²) in [6.45, 7) is 6.58. The molecule has 0 atom stereocenters. The number of hydrogen-bond acceptors (Lipinski definition) is 3. The number of halogens is 1. The van der Waals surface area contributed by atoms with Gasteiger partial charge in [0, 0.05) is 28.7 Å². The van der Waals surface area contributed by atoms with Gasteiger partial charge in [-0.3, -0.25) is 0 Å². The summed E-state index contributed by atoms with van der Waals surface area (Å²) in [4.78, 5) is 11.8. The average molecular weight is 328 g/mol. The Kier molecular flexibility index (Phi) is 4.14. The van der Waals surface area contributed by atoms with Crippen LogP contribution in [0, 0.1) is 20.8 Å². The number of hydrogen-bond donors (Lipinski definition) is 1. The first-order chi connectivity index (χ1) is 11.0. The van der Waals surface area contributed by atoms with Crippen molar-refractivity contribution < 1.29 is 4.42 Å². The molecule has 1 aromatic heterocycles. The molecule has 23 heavy (non-hydrogen) atoms. The van der Waals surface area contributed by atoms with Crippen LogP contribution in [-0.2, 0) is 6.54 Å². The van der Waals surface area contributed by atoms with Crippen molar-refractivity contribution in [3.05, 3.63) is 74.1 Å². The van der Waals surface area contributed by atoms with E-state index in [9.17, 15) is 4.79 Å². The van der Waals surface area contributed by atoms with Crippen molar-refractivity contribution in [2.75, 3.05) is 5.32 Å². The lowest BCUT2D eigenvalue weighted by atomic mass is 10.1. The Bertz CT molecular complexity index is 944. The molecule has 0 radical (unpaired) electrons. The van der Waals surface area contributed by atoms with Crippen molar-refractivity contribution in [2.45, 2.75) is 27.3 Å². The molecule has 0 fully saturated rings. The van der Waals surface area contributed by atoms with Gasteiger partial charge in [-0.25, -0.2) is 4.79 Å². The Morgan fingerprint density at radius 3 is 2.65 bits per heavy atom. The van der Waals surface area contributed by atoms with Gasteiger partial charge in [-0.05, 0) is 61.2 Å². The first-order valence-corrected chi connectivity index (χ1v) is 7.86. The molecule has 3 aromatic rings. The van der Waals surface area contributed by atoms with Crippen LogP contribution in [0.1, 0.15) is 22.3 Å². The SMILES string of the molecule is Cc1cc2oc(=O)cc(CNc3cccc(C)c3C)c2cc1Cl. The highest BCUT2D eigenvalue weighted by Crippen LogP contribution is 2.26. The van der Waals surface area contributed by atoms with Crippen LogP contribution in [0.4, 0.5) is 5.69 Å². The fraction of sp³-hybridized carbons (Fsp3) is 0.211. The maximum atomic E-state index is 11.8. The predicted octanol–water partition coefficient (Wildman–Crippen LogP) is 4.98. The Morgan fingerprint density at radius 1 is 1.09 bits per heavy atom. The number of rotatable bonds is 3. The molecule has 0 aliphatic carbocycles. The summed E-state index contributed by atoms with van der Waals surface area (Å²) in [5.74, 6) is 0. The summed E-state index contributed by atoms with van der Waals surface area (Å²) in [5.41, 5.74) is 5.47. The van der Waals surface area contributed by atoms with E-state index in [0.29, 0.717) is 17.2 Å². The van der Waals surface area contributed by atoms with Crippen molar-refractivity contribution in [1.29, 1.82) is 0 Å². The van der Waals surface area contributed by atoms with E-state index >= 15 is 0 Å². The molecule has 3 nitrogen and oxygen atoms in total. The quantitative estimate of drug-likeness (QED) is 0.689. The lowest BCUT2D eigenvalue weighted by Gasteiger charge is -2.13. The second-order valence-corrected chi connectivity index (χ2v) is 6.20. The molecule has 0 amide bonds. The van der Waals surface area contributed by atoms with Crippen molar-refractivity contribution in [1.82, 2.24) is 0 Å². The van der Waals surface area contributed by atoms with Crippen LogP contribution >= 0.6 is 11.6 Å². The number of aryl methyl sites for hydroxylation is 2. The minimum absolute atomic E-state index is 0.350. The van der Waals surface area contributed by atoms with Gasteiger partial charge >= 0.3 is 5.63 Å². The minimum atomic E-state index is -0.350. The first kappa shape index (κ1) is 15.6. The summed E-state index contributed by atoms with van der Waals surface area (Å²) >= 11 is 6.22. The highest BCUT2D eigenvalue weighted by atomic mass is 35.5. The molecule has 0 unspecified atom stereocenters. The predicted molar refractivity (Wildman–Crippen MR) is 95.5 cm³/mol. The van der Waals surface area contributed by atoms with E-state index in [1.54, 1.807) is 6.07 Å². The molecule has 4 heteroatoms. The van der Waals surface area contributed by atoms with E-state index in [4.69, 9.17) is 16.0 Å². The van der Waals surface area contributed by atoms with E-state index in [1.807, 2.05) is 25.1 Å². The molecule has 0 aliphatic rings. The second kappa shape index (κ2) is 6.09. The van der Waals surface area contributed by atoms with Crippen LogP contribution in [0.3, 0.4) is 0 Å². The lowest BCUT2D eigenvalue weighted by molar-refractivity contribution is 0.559. The topological polar surface area (TPSA) is 42.2 Å². The number of benzene rings is 2. The highest BCUT2D eigenvalue weighted by molar-refractivity contribution is 6.32. The molecule has 3 rings (SSSR count). The molecule has 0 saturated heterocycles. The first-order valence-electron chi connectivity index (χ1n) is 7.48. The Morgan fingerprint density at radius 2 is 1.87 bits per heavy atom. The van der Waals surface area contributed by atoms with E-state index in [2.05, 4.69) is 25.2 Å². The van der Waals surface area contributed by atoms with E-state index in [-0.39, 0.29) is 5.63 Å². The average Bonchev–Trinajstić information content (AvgIpc) is 2.50. The normalized spacial score (nSPS) is 11.0. The molecule has 0 saturated carbocycles. The molecule has 2 aromatic carbocycles. The van der Waals surface area contributed by atoms with E-state index in [0.717, 1.165) is 22.2 Å². The van der Waals surface area contributed by atoms with Gasteiger partial charge in [0.15, 0.2) is 0 Å². The third-order valence-electron chi connectivity index (χ3n) is 4.18. The maximum absolute atomic E-state index is 11.8. The van der Waals surface area contributed by atoms with Gasteiger partial charge in [-0.2, -0.15) is 0 Å². The standard InChI is InChI=1S/C19H18ClNO2/c1-11-5-4-6-17(13(11)3)21-10-14-8-19(22)23-18-7-12(2)16(20)9-15(14)18/h4-9,21H,10H2,1-3H3. The van der Waals surface area contributed by atoms with Crippen LogP contribution in [-0.4, -0.2) is 0 Å². The van der Waals surface area contributed by atoms with Gasteiger partial charge in [0.1, 0.15) is 5.58 Å². The zero-order chi connectivity index (χ0) is 16.6. The smallest absolute Gasteiger partial charge is 0.336 e. The monoisotopic (exact) mass is 327 g/mol. The van der Waals surface area contributed by atoms with Gasteiger partial charge in [-0.15, -0.1) is 0 Å². The zero-order valence-electron chi connectivity index (χ0n) is 13.4. The number of nitrogens with one attached hydrogen (secondary N) is 1. The largest absolute Gasteiger partial charge is 0.423 e. The lowest BCUT2D eigenvalue weighted by Crippen LogP contribution is -2.07. The molecule has 0 bridgehead atoms. The third kappa shape index (κ3) is 3.10. The molecule has 1 heterocycles. The Balaban J connectivity index is 2.01. The summed E-state index contributed by atoms with van der Waals surface area (Å²) in [5, 5.41) is 4.93. The van der Waals surface area contributed by atoms with Crippen molar-refractivity contribution in [3.8, 4) is 0 Å². The fourth-order valence-electron chi connectivity index (χ4n) is 2.63. The van der Waals surface area contributed by atoms with Crippen LogP contribution in [0.2, 0.25) is 5.02 Å². The molecule has 0 aliphatic heterocycles. The van der Waals surface area contributed by atoms with Gasteiger partial charge in [0.2, 0.25) is 0 Å². The van der Waals surface area contributed by atoms with Crippen molar-refractivity contribution in [2.24, 2.45) is 0 Å². The highest BCUT2D eigenvalue weighted by Gasteiger charge is 2.09. The van der Waals surface area contributed by atoms with Crippen molar-refractivity contribution in [3.63, 3.8) is 0 Å². The Labute approximate surface area is 139 Å². The van der Waals surface area contributed by atoms with Gasteiger partial charge in [0.25, 0.3) is 0 Å². The van der Waals surface area contributed by atoms with Gasteiger partial charge in [-0.1, -0.05) is 23.7 Å². The summed E-state index contributed by atoms with van der Waals surface area (Å²) in [7, 11) is 0. The summed E-state index contributed by atoms with van der Waals surface area (Å²) in [6, 6.07) is 11.3. The van der Waals surface area contributed by atoms with Crippen LogP contribution < -0.4 is 10.9 Å². The number of fused-ring (bicyclic) bond motifs is 1. The van der Waals surface area contributed by atoms with Gasteiger partial charge < -0.3 is 9.73 Å². The summed E-state index contributed by atoms with van der Waals surface area (Å²) < 4.78 is 5.29. The molecular formula is C19H18ClNO2. The Hall–Kier alpha value is -2.26. The molecule has 1 N–H and O–H groups in total.